The first-order valence-electron chi connectivity index (χ1n) is 6.70. The molecule has 0 amide bonds. The molecule has 5 heteroatoms. The van der Waals surface area contributed by atoms with Gasteiger partial charge in [0.05, 0.1) is 11.0 Å². The molecule has 0 aliphatic carbocycles. The van der Waals surface area contributed by atoms with Gasteiger partial charge in [-0.25, -0.2) is 4.98 Å². The summed E-state index contributed by atoms with van der Waals surface area (Å²) in [6, 6.07) is 8.22. The van der Waals surface area contributed by atoms with Gasteiger partial charge >= 0.3 is 0 Å². The molecule has 2 aromatic rings. The van der Waals surface area contributed by atoms with Crippen molar-refractivity contribution in [3.63, 3.8) is 0 Å². The van der Waals surface area contributed by atoms with E-state index in [2.05, 4.69) is 27.4 Å². The molecule has 1 saturated heterocycles. The number of fused-ring (bicyclic) bond motifs is 1. The highest BCUT2D eigenvalue weighted by molar-refractivity contribution is 7.99. The fourth-order valence-corrected chi connectivity index (χ4v) is 3.48. The molecule has 1 aromatic heterocycles. The number of aromatic amines is 1. The average Bonchev–Trinajstić information content (AvgIpc) is 2.82. The second-order valence-corrected chi connectivity index (χ2v) is 5.97. The minimum Gasteiger partial charge on any atom is -0.333 e. The Balaban J connectivity index is 0.00000133. The van der Waals surface area contributed by atoms with Crippen molar-refractivity contribution in [2.75, 3.05) is 18.8 Å². The zero-order chi connectivity index (χ0) is 12.2. The Labute approximate surface area is 124 Å². The van der Waals surface area contributed by atoms with Gasteiger partial charge in [-0.15, -0.1) is 12.4 Å². The Morgan fingerprint density at radius 3 is 2.79 bits per heavy atom. The van der Waals surface area contributed by atoms with Crippen LogP contribution in [-0.2, 0) is 0 Å². The lowest BCUT2D eigenvalue weighted by atomic mass is 9.96. The average molecular weight is 298 g/mol. The summed E-state index contributed by atoms with van der Waals surface area (Å²) in [6.07, 6.45) is 3.98. The second kappa shape index (κ2) is 7.17. The van der Waals surface area contributed by atoms with Crippen LogP contribution in [-0.4, -0.2) is 28.8 Å². The summed E-state index contributed by atoms with van der Waals surface area (Å²) in [5, 5.41) is 4.48. The predicted octanol–water partition coefficient (Wildman–Crippen LogP) is 3.47. The molecular weight excluding hydrogens is 278 g/mol. The van der Waals surface area contributed by atoms with Crippen molar-refractivity contribution in [2.45, 2.75) is 24.4 Å². The number of hydrogen-bond acceptors (Lipinski definition) is 3. The number of rotatable bonds is 4. The van der Waals surface area contributed by atoms with Crippen molar-refractivity contribution in [3.8, 4) is 0 Å². The van der Waals surface area contributed by atoms with E-state index in [9.17, 15) is 0 Å². The molecule has 1 fully saturated rings. The Kier molecular flexibility index (Phi) is 5.55. The molecule has 2 N–H and O–H groups in total. The summed E-state index contributed by atoms with van der Waals surface area (Å²) in [4.78, 5) is 7.96. The molecule has 3 rings (SSSR count). The van der Waals surface area contributed by atoms with E-state index in [0.717, 1.165) is 22.1 Å². The van der Waals surface area contributed by atoms with Crippen LogP contribution in [0.5, 0.6) is 0 Å². The maximum atomic E-state index is 4.59. The smallest absolute Gasteiger partial charge is 0.166 e. The Morgan fingerprint density at radius 2 is 2.00 bits per heavy atom. The summed E-state index contributed by atoms with van der Waals surface area (Å²) in [5.74, 6) is 2.08. The lowest BCUT2D eigenvalue weighted by Crippen LogP contribution is -2.27. The first kappa shape index (κ1) is 14.7. The first-order valence-corrected chi connectivity index (χ1v) is 7.68. The first-order chi connectivity index (χ1) is 8.92. The van der Waals surface area contributed by atoms with Gasteiger partial charge < -0.3 is 10.3 Å². The number of piperidine rings is 1. The number of thioether (sulfide) groups is 1. The van der Waals surface area contributed by atoms with Crippen LogP contribution in [0.1, 0.15) is 19.3 Å². The zero-order valence-electron chi connectivity index (χ0n) is 10.9. The Bertz CT molecular complexity index is 475. The summed E-state index contributed by atoms with van der Waals surface area (Å²) in [7, 11) is 0. The molecule has 0 unspecified atom stereocenters. The van der Waals surface area contributed by atoms with Crippen molar-refractivity contribution in [2.24, 2.45) is 5.92 Å². The monoisotopic (exact) mass is 297 g/mol. The lowest BCUT2D eigenvalue weighted by molar-refractivity contribution is 0.367. The Hall–Kier alpha value is -0.710. The molecule has 1 aliphatic rings. The van der Waals surface area contributed by atoms with E-state index in [-0.39, 0.29) is 12.4 Å². The predicted molar refractivity (Wildman–Crippen MR) is 84.3 cm³/mol. The normalized spacial score (nSPS) is 16.4. The number of H-pyrrole nitrogens is 1. The molecule has 0 bridgehead atoms. The van der Waals surface area contributed by atoms with Crippen LogP contribution < -0.4 is 5.32 Å². The third kappa shape index (κ3) is 3.88. The molecule has 0 radical (unpaired) electrons. The largest absolute Gasteiger partial charge is 0.333 e. The van der Waals surface area contributed by atoms with Crippen LogP contribution in [0, 0.1) is 5.92 Å². The molecule has 1 aromatic carbocycles. The third-order valence-corrected chi connectivity index (χ3v) is 4.50. The van der Waals surface area contributed by atoms with Gasteiger partial charge in [-0.2, -0.15) is 0 Å². The summed E-state index contributed by atoms with van der Waals surface area (Å²) in [5.41, 5.74) is 2.21. The molecule has 104 valence electrons. The van der Waals surface area contributed by atoms with E-state index >= 15 is 0 Å². The molecule has 0 atom stereocenters. The maximum absolute atomic E-state index is 4.59. The number of hydrogen-bond donors (Lipinski definition) is 2. The van der Waals surface area contributed by atoms with Crippen LogP contribution in [0.3, 0.4) is 0 Å². The van der Waals surface area contributed by atoms with Crippen molar-refractivity contribution >= 4 is 35.2 Å². The van der Waals surface area contributed by atoms with Gasteiger partial charge in [0.15, 0.2) is 5.16 Å². The zero-order valence-corrected chi connectivity index (χ0v) is 12.5. The third-order valence-electron chi connectivity index (χ3n) is 3.59. The molecule has 0 spiro atoms. The van der Waals surface area contributed by atoms with Gasteiger partial charge in [-0.3, -0.25) is 0 Å². The van der Waals surface area contributed by atoms with E-state index in [4.69, 9.17) is 0 Å². The minimum absolute atomic E-state index is 0. The maximum Gasteiger partial charge on any atom is 0.166 e. The van der Waals surface area contributed by atoms with Crippen molar-refractivity contribution in [1.82, 2.24) is 15.3 Å². The number of aromatic nitrogens is 2. The van der Waals surface area contributed by atoms with E-state index in [1.54, 1.807) is 0 Å². The van der Waals surface area contributed by atoms with Crippen molar-refractivity contribution < 1.29 is 0 Å². The Morgan fingerprint density at radius 1 is 1.21 bits per heavy atom. The summed E-state index contributed by atoms with van der Waals surface area (Å²) >= 11 is 1.85. The number of para-hydroxylation sites is 2. The molecule has 1 aliphatic heterocycles. The van der Waals surface area contributed by atoms with Gasteiger partial charge in [0, 0.05) is 5.75 Å². The lowest BCUT2D eigenvalue weighted by Gasteiger charge is -2.21. The number of halogens is 1. The van der Waals surface area contributed by atoms with Crippen LogP contribution in [0.2, 0.25) is 0 Å². The highest BCUT2D eigenvalue weighted by atomic mass is 35.5. The molecule has 19 heavy (non-hydrogen) atoms. The van der Waals surface area contributed by atoms with Crippen LogP contribution >= 0.6 is 24.2 Å². The van der Waals surface area contributed by atoms with Crippen LogP contribution in [0.15, 0.2) is 29.4 Å². The molecule has 0 saturated carbocycles. The topological polar surface area (TPSA) is 40.7 Å². The van der Waals surface area contributed by atoms with Gasteiger partial charge in [-0.1, -0.05) is 23.9 Å². The summed E-state index contributed by atoms with van der Waals surface area (Å²) in [6.45, 7) is 2.39. The quantitative estimate of drug-likeness (QED) is 0.849. The van der Waals surface area contributed by atoms with Gasteiger partial charge in [-0.05, 0) is 50.4 Å². The van der Waals surface area contributed by atoms with Crippen LogP contribution in [0.4, 0.5) is 0 Å². The van der Waals surface area contributed by atoms with E-state index in [0.29, 0.717) is 0 Å². The van der Waals surface area contributed by atoms with E-state index in [1.165, 1.54) is 38.1 Å². The molecular formula is C14H20ClN3S. The molecule has 2 heterocycles. The number of benzene rings is 1. The van der Waals surface area contributed by atoms with Gasteiger partial charge in [0.2, 0.25) is 0 Å². The van der Waals surface area contributed by atoms with Gasteiger partial charge in [0.25, 0.3) is 0 Å². The molecule has 3 nitrogen and oxygen atoms in total. The fraction of sp³-hybridized carbons (Fsp3) is 0.500. The van der Waals surface area contributed by atoms with E-state index in [1.807, 2.05) is 23.9 Å². The summed E-state index contributed by atoms with van der Waals surface area (Å²) < 4.78 is 0. The van der Waals surface area contributed by atoms with Crippen molar-refractivity contribution in [1.29, 1.82) is 0 Å². The van der Waals surface area contributed by atoms with Crippen molar-refractivity contribution in [3.05, 3.63) is 24.3 Å². The number of imidazole rings is 1. The number of nitrogens with one attached hydrogen (secondary N) is 2. The second-order valence-electron chi connectivity index (χ2n) is 4.89. The highest BCUT2D eigenvalue weighted by Gasteiger charge is 2.12. The SMILES string of the molecule is Cl.c1ccc2[nH]c(SCCC3CCNCC3)nc2c1. The van der Waals surface area contributed by atoms with E-state index < -0.39 is 0 Å². The highest BCUT2D eigenvalue weighted by Crippen LogP contribution is 2.23. The van der Waals surface area contributed by atoms with Gasteiger partial charge in [0.1, 0.15) is 0 Å². The fourth-order valence-electron chi connectivity index (χ4n) is 2.49. The van der Waals surface area contributed by atoms with Crippen LogP contribution in [0.25, 0.3) is 11.0 Å². The number of nitrogens with zero attached hydrogens (tertiary/aromatic N) is 1. The standard InChI is InChI=1S/C14H19N3S.ClH/c1-2-4-13-12(3-1)16-14(17-13)18-10-7-11-5-8-15-9-6-11;/h1-4,11,15H,5-10H2,(H,16,17);1H. The minimum atomic E-state index is 0.